The first kappa shape index (κ1) is 27.2. The molecule has 2 aliphatic rings. The molecule has 0 radical (unpaired) electrons. The van der Waals surface area contributed by atoms with Crippen molar-refractivity contribution in [3.05, 3.63) is 94.8 Å². The molecule has 204 valence electrons. The van der Waals surface area contributed by atoms with E-state index in [0.29, 0.717) is 11.1 Å². The fraction of sp³-hybridized carbons (Fsp3) is 0.333. The van der Waals surface area contributed by atoms with E-state index in [-0.39, 0.29) is 23.8 Å². The number of carbonyl (C=O) groups excluding carboxylic acids is 1. The van der Waals surface area contributed by atoms with Gasteiger partial charge in [0.1, 0.15) is 6.10 Å². The Hall–Kier alpha value is -4.33. The van der Waals surface area contributed by atoms with Crippen LogP contribution in [0.4, 0.5) is 10.1 Å². The standard InChI is InChI=1S/C33H33FN4O2/c1-2-24-3-5-26(6-4-24)23-37-17-13-28(14-18-37)36-33(39)27-9-12-32(31(34)21-27)40-30-15-19-38(20-16-30)29-10-7-25(22-35)8-11-29/h1,3-12,21,28,30H,13-20,23H2,(H,36,39). The molecule has 0 bridgehead atoms. The van der Waals surface area contributed by atoms with Crippen molar-refractivity contribution in [2.45, 2.75) is 44.4 Å². The summed E-state index contributed by atoms with van der Waals surface area (Å²) < 4.78 is 20.9. The Balaban J connectivity index is 1.07. The fourth-order valence-corrected chi connectivity index (χ4v) is 5.36. The van der Waals surface area contributed by atoms with E-state index in [1.54, 1.807) is 12.1 Å². The van der Waals surface area contributed by atoms with Crippen molar-refractivity contribution in [2.75, 3.05) is 31.1 Å². The molecule has 0 spiro atoms. The maximum atomic E-state index is 14.9. The van der Waals surface area contributed by atoms with E-state index in [1.807, 2.05) is 36.4 Å². The molecule has 2 fully saturated rings. The third kappa shape index (κ3) is 6.81. The number of nitrogens with one attached hydrogen (secondary N) is 1. The van der Waals surface area contributed by atoms with Gasteiger partial charge in [-0.15, -0.1) is 6.42 Å². The van der Waals surface area contributed by atoms with E-state index in [9.17, 15) is 9.18 Å². The minimum absolute atomic E-state index is 0.0628. The van der Waals surface area contributed by atoms with Crippen LogP contribution < -0.4 is 15.0 Å². The Morgan fingerprint density at radius 3 is 2.25 bits per heavy atom. The molecule has 2 heterocycles. The van der Waals surface area contributed by atoms with E-state index in [4.69, 9.17) is 16.4 Å². The first-order valence-corrected chi connectivity index (χ1v) is 13.8. The largest absolute Gasteiger partial charge is 0.487 e. The van der Waals surface area contributed by atoms with Crippen molar-refractivity contribution in [2.24, 2.45) is 0 Å². The summed E-state index contributed by atoms with van der Waals surface area (Å²) in [6.07, 6.45) is 8.55. The third-order valence-corrected chi connectivity index (χ3v) is 7.74. The second kappa shape index (κ2) is 12.7. The highest BCUT2D eigenvalue weighted by atomic mass is 19.1. The van der Waals surface area contributed by atoms with Crippen molar-refractivity contribution < 1.29 is 13.9 Å². The van der Waals surface area contributed by atoms with Crippen molar-refractivity contribution in [1.29, 1.82) is 5.26 Å². The number of rotatable bonds is 7. The van der Waals surface area contributed by atoms with Crippen molar-refractivity contribution >= 4 is 11.6 Å². The smallest absolute Gasteiger partial charge is 0.251 e. The second-order valence-electron chi connectivity index (χ2n) is 10.5. The number of nitrogens with zero attached hydrogens (tertiary/aromatic N) is 3. The summed E-state index contributed by atoms with van der Waals surface area (Å²) in [5.74, 6) is 2.03. The van der Waals surface area contributed by atoms with Gasteiger partial charge in [0.2, 0.25) is 0 Å². The second-order valence-corrected chi connectivity index (χ2v) is 10.5. The molecule has 1 N–H and O–H groups in total. The Morgan fingerprint density at radius 2 is 1.62 bits per heavy atom. The van der Waals surface area contributed by atoms with Crippen LogP contribution in [0.25, 0.3) is 0 Å². The molecule has 3 aromatic carbocycles. The predicted octanol–water partition coefficient (Wildman–Crippen LogP) is 5.12. The molecule has 2 saturated heterocycles. The van der Waals surface area contributed by atoms with Crippen LogP contribution in [-0.4, -0.2) is 49.1 Å². The Morgan fingerprint density at radius 1 is 0.950 bits per heavy atom. The van der Waals surface area contributed by atoms with Crippen molar-refractivity contribution in [3.8, 4) is 24.2 Å². The lowest BCUT2D eigenvalue weighted by molar-refractivity contribution is 0.0908. The van der Waals surface area contributed by atoms with Gasteiger partial charge >= 0.3 is 0 Å². The van der Waals surface area contributed by atoms with Crippen LogP contribution in [-0.2, 0) is 6.54 Å². The predicted molar refractivity (Wildman–Crippen MR) is 154 cm³/mol. The minimum atomic E-state index is -0.521. The summed E-state index contributed by atoms with van der Waals surface area (Å²) in [7, 11) is 0. The van der Waals surface area contributed by atoms with Gasteiger partial charge in [0.15, 0.2) is 11.6 Å². The van der Waals surface area contributed by atoms with E-state index in [2.05, 4.69) is 39.2 Å². The molecule has 0 aliphatic carbocycles. The number of hydrogen-bond acceptors (Lipinski definition) is 5. The Kier molecular flexibility index (Phi) is 8.64. The molecule has 3 aromatic rings. The van der Waals surface area contributed by atoms with Gasteiger partial charge in [0, 0.05) is 68.4 Å². The molecule has 2 aliphatic heterocycles. The molecular formula is C33H33FN4O2. The minimum Gasteiger partial charge on any atom is -0.487 e. The Bertz CT molecular complexity index is 1390. The molecule has 1 amide bonds. The molecule has 40 heavy (non-hydrogen) atoms. The summed E-state index contributed by atoms with van der Waals surface area (Å²) in [6, 6.07) is 22.2. The number of nitriles is 1. The number of anilines is 1. The van der Waals surface area contributed by atoms with Crippen LogP contribution in [0.2, 0.25) is 0 Å². The molecule has 0 aromatic heterocycles. The number of hydrogen-bond donors (Lipinski definition) is 1. The summed E-state index contributed by atoms with van der Waals surface area (Å²) >= 11 is 0. The normalized spacial score (nSPS) is 16.6. The van der Waals surface area contributed by atoms with E-state index in [0.717, 1.165) is 69.7 Å². The maximum absolute atomic E-state index is 14.9. The van der Waals surface area contributed by atoms with Gasteiger partial charge in [0.25, 0.3) is 5.91 Å². The molecular weight excluding hydrogens is 503 g/mol. The number of piperidine rings is 2. The summed E-state index contributed by atoms with van der Waals surface area (Å²) in [6.45, 7) is 4.19. The average Bonchev–Trinajstić information content (AvgIpc) is 3.00. The van der Waals surface area contributed by atoms with E-state index < -0.39 is 5.82 Å². The SMILES string of the molecule is C#Cc1ccc(CN2CCC(NC(=O)c3ccc(OC4CCN(c5ccc(C#N)cc5)CC4)c(F)c3)CC2)cc1. The van der Waals surface area contributed by atoms with E-state index in [1.165, 1.54) is 11.6 Å². The number of terminal acetylenes is 1. The number of carbonyl (C=O) groups is 1. The quantitative estimate of drug-likeness (QED) is 0.425. The van der Waals surface area contributed by atoms with Gasteiger partial charge in [-0.2, -0.15) is 5.26 Å². The number of ether oxygens (including phenoxy) is 1. The fourth-order valence-electron chi connectivity index (χ4n) is 5.36. The van der Waals surface area contributed by atoms with Crippen molar-refractivity contribution in [1.82, 2.24) is 10.2 Å². The summed E-state index contributed by atoms with van der Waals surface area (Å²) in [4.78, 5) is 17.5. The van der Waals surface area contributed by atoms with Gasteiger partial charge in [-0.25, -0.2) is 4.39 Å². The highest BCUT2D eigenvalue weighted by Crippen LogP contribution is 2.26. The van der Waals surface area contributed by atoms with Crippen molar-refractivity contribution in [3.63, 3.8) is 0 Å². The zero-order chi connectivity index (χ0) is 27.9. The van der Waals surface area contributed by atoms with Gasteiger partial charge < -0.3 is 15.0 Å². The van der Waals surface area contributed by atoms with Crippen LogP contribution >= 0.6 is 0 Å². The molecule has 6 nitrogen and oxygen atoms in total. The number of likely N-dealkylation sites (tertiary alicyclic amines) is 1. The van der Waals surface area contributed by atoms with Gasteiger partial charge in [-0.1, -0.05) is 18.1 Å². The molecule has 7 heteroatoms. The van der Waals surface area contributed by atoms with Crippen LogP contribution in [0.15, 0.2) is 66.7 Å². The Labute approximate surface area is 235 Å². The van der Waals surface area contributed by atoms with Gasteiger partial charge in [0.05, 0.1) is 11.6 Å². The number of benzene rings is 3. The number of halogens is 1. The summed E-state index contributed by atoms with van der Waals surface area (Å²) in [5.41, 5.74) is 4.11. The zero-order valence-electron chi connectivity index (χ0n) is 22.5. The van der Waals surface area contributed by atoms with Crippen LogP contribution in [0.3, 0.4) is 0 Å². The lowest BCUT2D eigenvalue weighted by atomic mass is 10.0. The van der Waals surface area contributed by atoms with Crippen LogP contribution in [0, 0.1) is 29.5 Å². The van der Waals surface area contributed by atoms with Gasteiger partial charge in [-0.05, 0) is 73.0 Å². The first-order valence-electron chi connectivity index (χ1n) is 13.8. The lowest BCUT2D eigenvalue weighted by Gasteiger charge is -2.33. The van der Waals surface area contributed by atoms with Gasteiger partial charge in [-0.3, -0.25) is 9.69 Å². The summed E-state index contributed by atoms with van der Waals surface area (Å²) in [5, 5.41) is 12.1. The molecule has 5 rings (SSSR count). The molecule has 0 unspecified atom stereocenters. The number of amides is 1. The third-order valence-electron chi connectivity index (χ3n) is 7.74. The topological polar surface area (TPSA) is 68.6 Å². The van der Waals surface area contributed by atoms with Crippen LogP contribution in [0.1, 0.15) is 52.7 Å². The van der Waals surface area contributed by atoms with Crippen LogP contribution in [0.5, 0.6) is 5.75 Å². The first-order chi connectivity index (χ1) is 19.5. The monoisotopic (exact) mass is 536 g/mol. The molecule has 0 saturated carbocycles. The highest BCUT2D eigenvalue weighted by molar-refractivity contribution is 5.94. The zero-order valence-corrected chi connectivity index (χ0v) is 22.5. The highest BCUT2D eigenvalue weighted by Gasteiger charge is 2.24. The average molecular weight is 537 g/mol. The van der Waals surface area contributed by atoms with E-state index >= 15 is 0 Å². The molecule has 0 atom stereocenters. The maximum Gasteiger partial charge on any atom is 0.251 e. The lowest BCUT2D eigenvalue weighted by Crippen LogP contribution is -2.44.